The zero-order valence-corrected chi connectivity index (χ0v) is 20.5. The molecule has 1 aromatic heterocycles. The lowest BCUT2D eigenvalue weighted by Gasteiger charge is -2.32. The molecule has 0 saturated carbocycles. The first kappa shape index (κ1) is 25.2. The summed E-state index contributed by atoms with van der Waals surface area (Å²) < 4.78 is 33.2. The molecule has 1 saturated heterocycles. The van der Waals surface area contributed by atoms with Crippen LogP contribution in [0.3, 0.4) is 0 Å². The summed E-state index contributed by atoms with van der Waals surface area (Å²) in [7, 11) is 1.58. The Morgan fingerprint density at radius 2 is 1.78 bits per heavy atom. The van der Waals surface area contributed by atoms with Crippen molar-refractivity contribution in [3.8, 4) is 11.5 Å². The average Bonchev–Trinajstić information content (AvgIpc) is 2.89. The van der Waals surface area contributed by atoms with E-state index in [0.717, 1.165) is 11.3 Å². The molecule has 3 aromatic rings. The van der Waals surface area contributed by atoms with Crippen molar-refractivity contribution in [2.45, 2.75) is 39.0 Å². The second-order valence-electron chi connectivity index (χ2n) is 8.70. The van der Waals surface area contributed by atoms with Gasteiger partial charge in [-0.2, -0.15) is 0 Å². The highest BCUT2D eigenvalue weighted by atomic mass is 19.1. The van der Waals surface area contributed by atoms with Crippen LogP contribution in [0.4, 0.5) is 8.78 Å². The van der Waals surface area contributed by atoms with E-state index in [0.29, 0.717) is 49.0 Å². The highest BCUT2D eigenvalue weighted by Crippen LogP contribution is 2.30. The maximum Gasteiger partial charge on any atom is 0.227 e. The van der Waals surface area contributed by atoms with E-state index in [4.69, 9.17) is 14.6 Å². The molecule has 1 amide bonds. The van der Waals surface area contributed by atoms with Crippen LogP contribution in [0.25, 0.3) is 0 Å². The molecule has 1 aliphatic rings. The first-order valence-electron chi connectivity index (χ1n) is 11.8. The number of aromatic nitrogens is 2. The number of rotatable bonds is 7. The maximum atomic E-state index is 14.0. The van der Waals surface area contributed by atoms with Crippen LogP contribution in [-0.2, 0) is 11.2 Å². The number of piperidine rings is 1. The number of oxime groups is 1. The molecule has 0 unspecified atom stereocenters. The van der Waals surface area contributed by atoms with Crippen molar-refractivity contribution in [2.75, 3.05) is 20.2 Å². The molecule has 0 bridgehead atoms. The van der Waals surface area contributed by atoms with Gasteiger partial charge in [-0.3, -0.25) is 4.79 Å². The molecule has 36 heavy (non-hydrogen) atoms. The van der Waals surface area contributed by atoms with Crippen LogP contribution >= 0.6 is 0 Å². The zero-order chi connectivity index (χ0) is 25.7. The van der Waals surface area contributed by atoms with Crippen molar-refractivity contribution in [1.82, 2.24) is 14.9 Å². The Balaban J connectivity index is 1.45. The normalized spacial score (nSPS) is 14.6. The van der Waals surface area contributed by atoms with E-state index in [9.17, 15) is 13.6 Å². The van der Waals surface area contributed by atoms with Gasteiger partial charge in [0.05, 0.1) is 24.9 Å². The molecule has 188 valence electrons. The van der Waals surface area contributed by atoms with Gasteiger partial charge >= 0.3 is 0 Å². The minimum absolute atomic E-state index is 0.0814. The van der Waals surface area contributed by atoms with Gasteiger partial charge in [0.15, 0.2) is 5.75 Å². The molecule has 7 nitrogen and oxygen atoms in total. The molecule has 0 radical (unpaired) electrons. The Morgan fingerprint density at radius 3 is 2.47 bits per heavy atom. The summed E-state index contributed by atoms with van der Waals surface area (Å²) >= 11 is 0. The van der Waals surface area contributed by atoms with Crippen molar-refractivity contribution in [3.05, 3.63) is 82.9 Å². The van der Waals surface area contributed by atoms with Crippen molar-refractivity contribution in [1.29, 1.82) is 0 Å². The molecule has 4 rings (SSSR count). The summed E-state index contributed by atoms with van der Waals surface area (Å²) in [6.07, 6.45) is 2.77. The van der Waals surface area contributed by atoms with Gasteiger partial charge in [-0.05, 0) is 51.0 Å². The molecule has 1 aliphatic heterocycles. The largest absolute Gasteiger partial charge is 0.497 e. The van der Waals surface area contributed by atoms with E-state index in [1.807, 2.05) is 26.0 Å². The lowest BCUT2D eigenvalue weighted by molar-refractivity contribution is -0.131. The third-order valence-corrected chi connectivity index (χ3v) is 6.28. The lowest BCUT2D eigenvalue weighted by Crippen LogP contribution is -2.39. The first-order valence-corrected chi connectivity index (χ1v) is 11.8. The number of ether oxygens (including phenoxy) is 1. The Labute approximate surface area is 208 Å². The van der Waals surface area contributed by atoms with Crippen LogP contribution in [-0.4, -0.2) is 46.7 Å². The molecule has 2 heterocycles. The van der Waals surface area contributed by atoms with Crippen molar-refractivity contribution in [3.63, 3.8) is 0 Å². The number of nitrogens with zero attached hydrogens (tertiary/aromatic N) is 4. The first-order chi connectivity index (χ1) is 17.4. The third-order valence-electron chi connectivity index (χ3n) is 6.28. The van der Waals surface area contributed by atoms with Crippen LogP contribution in [0.2, 0.25) is 0 Å². The topological polar surface area (TPSA) is 76.9 Å². The molecule has 0 N–H and O–H groups in total. The molecule has 0 spiro atoms. The highest BCUT2D eigenvalue weighted by Gasteiger charge is 2.28. The van der Waals surface area contributed by atoms with E-state index >= 15 is 0 Å². The van der Waals surface area contributed by atoms with E-state index in [1.165, 1.54) is 18.2 Å². The van der Waals surface area contributed by atoms with Crippen LogP contribution in [0.15, 0.2) is 53.8 Å². The number of halogens is 2. The van der Waals surface area contributed by atoms with Crippen LogP contribution in [0.1, 0.15) is 48.3 Å². The van der Waals surface area contributed by atoms with Gasteiger partial charge in [0.25, 0.3) is 0 Å². The molecule has 2 aromatic carbocycles. The van der Waals surface area contributed by atoms with Gasteiger partial charge in [0.1, 0.15) is 23.2 Å². The number of methoxy groups -OCH3 is 1. The second-order valence-corrected chi connectivity index (χ2v) is 8.70. The second kappa shape index (κ2) is 11.2. The van der Waals surface area contributed by atoms with Gasteiger partial charge < -0.3 is 14.5 Å². The number of amides is 1. The Morgan fingerprint density at radius 1 is 1.11 bits per heavy atom. The fourth-order valence-corrected chi connectivity index (χ4v) is 4.27. The Hall–Kier alpha value is -3.88. The van der Waals surface area contributed by atoms with Gasteiger partial charge in [0.2, 0.25) is 5.91 Å². The number of carbonyl (C=O) groups excluding carboxylic acids is 1. The van der Waals surface area contributed by atoms with Gasteiger partial charge in [-0.1, -0.05) is 17.3 Å². The van der Waals surface area contributed by atoms with E-state index < -0.39 is 11.6 Å². The van der Waals surface area contributed by atoms with E-state index in [2.05, 4.69) is 10.1 Å². The Bertz CT molecular complexity index is 1250. The summed E-state index contributed by atoms with van der Waals surface area (Å²) in [5, 5.41) is 4.28. The van der Waals surface area contributed by atoms with Crippen molar-refractivity contribution >= 4 is 11.6 Å². The molecule has 0 atom stereocenters. The average molecular weight is 495 g/mol. The standard InChI is InChI=1S/C27H28F2N4O3/c1-17(32-36-21-7-4-6-20(14-21)35-3)23-16-30-18(2)31-27(23)19-10-12-33(13-11-19)26(34)15-22-24(28)8-5-9-25(22)29/h4-9,14,16,19H,10-13,15H2,1-3H3/b32-17+. The fourth-order valence-electron chi connectivity index (χ4n) is 4.27. The summed E-state index contributed by atoms with van der Waals surface area (Å²) in [6.45, 7) is 4.60. The predicted octanol–water partition coefficient (Wildman–Crippen LogP) is 4.82. The van der Waals surface area contributed by atoms with Gasteiger partial charge in [0, 0.05) is 42.4 Å². The number of hydrogen-bond donors (Lipinski definition) is 0. The maximum absolute atomic E-state index is 14.0. The quantitative estimate of drug-likeness (QED) is 0.348. The van der Waals surface area contributed by atoms with Crippen LogP contribution in [0.5, 0.6) is 11.5 Å². The molecule has 1 fully saturated rings. The number of benzene rings is 2. The molecular formula is C27H28F2N4O3. The number of carbonyl (C=O) groups is 1. The SMILES string of the molecule is COc1cccc(O/N=C(\C)c2cnc(C)nc2C2CCN(C(=O)Cc3c(F)cccc3F)CC2)c1. The molecular weight excluding hydrogens is 466 g/mol. The zero-order valence-electron chi connectivity index (χ0n) is 20.5. The minimum Gasteiger partial charge on any atom is -0.497 e. The van der Waals surface area contributed by atoms with Gasteiger partial charge in [-0.25, -0.2) is 18.7 Å². The van der Waals surface area contributed by atoms with Crippen molar-refractivity contribution in [2.24, 2.45) is 5.16 Å². The number of likely N-dealkylation sites (tertiary alicyclic amines) is 1. The number of hydrogen-bond acceptors (Lipinski definition) is 6. The third kappa shape index (κ3) is 5.84. The van der Waals surface area contributed by atoms with Crippen molar-refractivity contribution < 1.29 is 23.1 Å². The number of aryl methyl sites for hydroxylation is 1. The predicted molar refractivity (Wildman–Crippen MR) is 131 cm³/mol. The fraction of sp³-hybridized carbons (Fsp3) is 0.333. The van der Waals surface area contributed by atoms with Crippen LogP contribution < -0.4 is 9.57 Å². The molecule has 9 heteroatoms. The Kier molecular flexibility index (Phi) is 7.87. The minimum atomic E-state index is -0.703. The summed E-state index contributed by atoms with van der Waals surface area (Å²) in [4.78, 5) is 29.0. The molecule has 0 aliphatic carbocycles. The monoisotopic (exact) mass is 494 g/mol. The highest BCUT2D eigenvalue weighted by molar-refractivity contribution is 5.99. The lowest BCUT2D eigenvalue weighted by atomic mass is 9.89. The summed E-state index contributed by atoms with van der Waals surface area (Å²) in [6, 6.07) is 10.8. The van der Waals surface area contributed by atoms with E-state index in [-0.39, 0.29) is 23.8 Å². The van der Waals surface area contributed by atoms with E-state index in [1.54, 1.807) is 30.3 Å². The smallest absolute Gasteiger partial charge is 0.227 e. The summed E-state index contributed by atoms with van der Waals surface area (Å²) in [5.74, 6) is 0.235. The summed E-state index contributed by atoms with van der Waals surface area (Å²) in [5.41, 5.74) is 2.06. The van der Waals surface area contributed by atoms with Crippen LogP contribution in [0, 0.1) is 18.6 Å². The van der Waals surface area contributed by atoms with Gasteiger partial charge in [-0.15, -0.1) is 0 Å².